The standard InChI is InChI=1S/C25H34N2O4S/c1-17(2)13-24(28)27(18(3)4)15-25(29)26-11-9-23-21(10-12-32-23)22(26)16-31-20-8-6-7-19(14-20)30-5/h6-8,10,12,14,17-18,22H,9,11,13,15-16H2,1-5H3/t22-/m0/s1. The summed E-state index contributed by atoms with van der Waals surface area (Å²) in [5, 5.41) is 2.07. The zero-order valence-electron chi connectivity index (χ0n) is 19.7. The van der Waals surface area contributed by atoms with Crippen LogP contribution in [0.5, 0.6) is 11.5 Å². The van der Waals surface area contributed by atoms with E-state index in [0.717, 1.165) is 17.7 Å². The van der Waals surface area contributed by atoms with Crippen LogP contribution in [0.2, 0.25) is 0 Å². The van der Waals surface area contributed by atoms with Crippen LogP contribution in [-0.2, 0) is 16.0 Å². The van der Waals surface area contributed by atoms with Gasteiger partial charge >= 0.3 is 0 Å². The van der Waals surface area contributed by atoms with E-state index in [9.17, 15) is 9.59 Å². The number of hydrogen-bond donors (Lipinski definition) is 0. The number of rotatable bonds is 9. The number of methoxy groups -OCH3 is 1. The van der Waals surface area contributed by atoms with Crippen molar-refractivity contribution < 1.29 is 19.1 Å². The zero-order chi connectivity index (χ0) is 23.3. The van der Waals surface area contributed by atoms with Crippen LogP contribution >= 0.6 is 11.3 Å². The molecule has 0 saturated heterocycles. The van der Waals surface area contributed by atoms with Crippen molar-refractivity contribution >= 4 is 23.2 Å². The van der Waals surface area contributed by atoms with Crippen molar-refractivity contribution in [2.45, 2.75) is 52.6 Å². The maximum absolute atomic E-state index is 13.4. The average molecular weight is 459 g/mol. The Balaban J connectivity index is 1.77. The SMILES string of the molecule is COc1cccc(OC[C@H]2c3ccsc3CCN2C(=O)CN(C(=O)CC(C)C)C(C)C)c1. The normalized spacial score (nSPS) is 15.6. The maximum Gasteiger partial charge on any atom is 0.242 e. The quantitative estimate of drug-likeness (QED) is 0.553. The van der Waals surface area contributed by atoms with Gasteiger partial charge in [-0.15, -0.1) is 11.3 Å². The summed E-state index contributed by atoms with van der Waals surface area (Å²) in [4.78, 5) is 31.0. The van der Waals surface area contributed by atoms with E-state index in [0.29, 0.717) is 25.3 Å². The van der Waals surface area contributed by atoms with Gasteiger partial charge in [-0.3, -0.25) is 9.59 Å². The fourth-order valence-corrected chi connectivity index (χ4v) is 4.93. The van der Waals surface area contributed by atoms with E-state index >= 15 is 0 Å². The minimum absolute atomic E-state index is 0.0285. The lowest BCUT2D eigenvalue weighted by atomic mass is 10.00. The van der Waals surface area contributed by atoms with Gasteiger partial charge in [-0.05, 0) is 55.3 Å². The fourth-order valence-electron chi connectivity index (χ4n) is 4.00. The summed E-state index contributed by atoms with van der Waals surface area (Å²) in [6.07, 6.45) is 1.28. The minimum Gasteiger partial charge on any atom is -0.497 e. The lowest BCUT2D eigenvalue weighted by molar-refractivity contribution is -0.144. The maximum atomic E-state index is 13.4. The Hall–Kier alpha value is -2.54. The van der Waals surface area contributed by atoms with Crippen molar-refractivity contribution in [1.82, 2.24) is 9.80 Å². The molecule has 0 fully saturated rings. The van der Waals surface area contributed by atoms with Gasteiger partial charge in [0.15, 0.2) is 0 Å². The van der Waals surface area contributed by atoms with Crippen LogP contribution in [0.25, 0.3) is 0 Å². The molecule has 0 bridgehead atoms. The van der Waals surface area contributed by atoms with Crippen LogP contribution in [0.15, 0.2) is 35.7 Å². The Kier molecular flexibility index (Phi) is 8.18. The predicted molar refractivity (Wildman–Crippen MR) is 127 cm³/mol. The van der Waals surface area contributed by atoms with Crippen LogP contribution in [-0.4, -0.2) is 54.5 Å². The Bertz CT molecular complexity index is 924. The van der Waals surface area contributed by atoms with Gasteiger partial charge in [0.2, 0.25) is 11.8 Å². The Morgan fingerprint density at radius 3 is 2.62 bits per heavy atom. The number of carbonyl (C=O) groups excluding carboxylic acids is 2. The minimum atomic E-state index is -0.182. The Labute approximate surface area is 195 Å². The van der Waals surface area contributed by atoms with Crippen molar-refractivity contribution in [2.75, 3.05) is 26.8 Å². The van der Waals surface area contributed by atoms with Gasteiger partial charge in [-0.1, -0.05) is 19.9 Å². The van der Waals surface area contributed by atoms with Gasteiger partial charge in [0, 0.05) is 30.0 Å². The summed E-state index contributed by atoms with van der Waals surface area (Å²) in [6, 6.07) is 9.36. The first-order valence-electron chi connectivity index (χ1n) is 11.2. The molecule has 174 valence electrons. The highest BCUT2D eigenvalue weighted by atomic mass is 32.1. The van der Waals surface area contributed by atoms with Crippen molar-refractivity contribution in [1.29, 1.82) is 0 Å². The Morgan fingerprint density at radius 2 is 1.94 bits per heavy atom. The number of benzene rings is 1. The van der Waals surface area contributed by atoms with E-state index in [2.05, 4.69) is 11.4 Å². The van der Waals surface area contributed by atoms with Gasteiger partial charge < -0.3 is 19.3 Å². The first-order valence-corrected chi connectivity index (χ1v) is 12.1. The van der Waals surface area contributed by atoms with Crippen molar-refractivity contribution in [3.05, 3.63) is 46.2 Å². The van der Waals surface area contributed by atoms with Crippen LogP contribution in [0.4, 0.5) is 0 Å². The smallest absolute Gasteiger partial charge is 0.242 e. The number of amides is 2. The first kappa shape index (κ1) is 24.1. The highest BCUT2D eigenvalue weighted by molar-refractivity contribution is 7.10. The topological polar surface area (TPSA) is 59.1 Å². The number of hydrogen-bond acceptors (Lipinski definition) is 5. The molecule has 0 unspecified atom stereocenters. The van der Waals surface area contributed by atoms with Gasteiger partial charge in [-0.25, -0.2) is 0 Å². The largest absolute Gasteiger partial charge is 0.497 e. The number of fused-ring (bicyclic) bond motifs is 1. The molecule has 6 nitrogen and oxygen atoms in total. The molecule has 0 N–H and O–H groups in total. The van der Waals surface area contributed by atoms with Crippen LogP contribution < -0.4 is 9.47 Å². The Morgan fingerprint density at radius 1 is 1.19 bits per heavy atom. The molecular weight excluding hydrogens is 424 g/mol. The fraction of sp³-hybridized carbons (Fsp3) is 0.520. The van der Waals surface area contributed by atoms with E-state index in [1.54, 1.807) is 23.3 Å². The second-order valence-electron chi connectivity index (χ2n) is 8.86. The molecule has 1 atom stereocenters. The second-order valence-corrected chi connectivity index (χ2v) is 9.86. The summed E-state index contributed by atoms with van der Waals surface area (Å²) < 4.78 is 11.4. The molecule has 2 aromatic rings. The van der Waals surface area contributed by atoms with E-state index < -0.39 is 0 Å². The number of thiophene rings is 1. The molecule has 1 aromatic heterocycles. The van der Waals surface area contributed by atoms with Gasteiger partial charge in [-0.2, -0.15) is 0 Å². The van der Waals surface area contributed by atoms with E-state index in [1.165, 1.54) is 4.88 Å². The molecule has 1 aliphatic heterocycles. The highest BCUT2D eigenvalue weighted by Crippen LogP contribution is 2.34. The van der Waals surface area contributed by atoms with E-state index in [1.807, 2.05) is 56.9 Å². The number of ether oxygens (including phenoxy) is 2. The number of carbonyl (C=O) groups is 2. The van der Waals surface area contributed by atoms with Crippen molar-refractivity contribution in [3.63, 3.8) is 0 Å². The summed E-state index contributed by atoms with van der Waals surface area (Å²) in [6.45, 7) is 9.04. The highest BCUT2D eigenvalue weighted by Gasteiger charge is 2.34. The van der Waals surface area contributed by atoms with Gasteiger partial charge in [0.05, 0.1) is 19.7 Å². The molecule has 0 aliphatic carbocycles. The van der Waals surface area contributed by atoms with E-state index in [4.69, 9.17) is 9.47 Å². The third-order valence-corrected chi connectivity index (χ3v) is 6.69. The molecule has 7 heteroatoms. The van der Waals surface area contributed by atoms with Crippen LogP contribution in [0.3, 0.4) is 0 Å². The summed E-state index contributed by atoms with van der Waals surface area (Å²) in [5.74, 6) is 1.68. The average Bonchev–Trinajstić information content (AvgIpc) is 3.24. The molecule has 3 rings (SSSR count). The molecule has 0 radical (unpaired) electrons. The van der Waals surface area contributed by atoms with Crippen molar-refractivity contribution in [3.8, 4) is 11.5 Å². The number of nitrogens with zero attached hydrogens (tertiary/aromatic N) is 2. The predicted octanol–water partition coefficient (Wildman–Crippen LogP) is 4.54. The van der Waals surface area contributed by atoms with Crippen molar-refractivity contribution in [2.24, 2.45) is 5.92 Å². The molecular formula is C25H34N2O4S. The molecule has 32 heavy (non-hydrogen) atoms. The van der Waals surface area contributed by atoms with Crippen LogP contribution in [0.1, 0.15) is 50.6 Å². The molecule has 0 saturated carbocycles. The van der Waals surface area contributed by atoms with Crippen LogP contribution in [0, 0.1) is 5.92 Å². The second kappa shape index (κ2) is 10.9. The molecule has 1 aliphatic rings. The molecule has 1 aromatic carbocycles. The lowest BCUT2D eigenvalue weighted by Gasteiger charge is -2.38. The first-order chi connectivity index (χ1) is 15.3. The summed E-state index contributed by atoms with van der Waals surface area (Å²) in [5.41, 5.74) is 1.14. The van der Waals surface area contributed by atoms with Gasteiger partial charge in [0.25, 0.3) is 0 Å². The molecule has 2 heterocycles. The summed E-state index contributed by atoms with van der Waals surface area (Å²) in [7, 11) is 1.62. The third-order valence-electron chi connectivity index (χ3n) is 5.70. The van der Waals surface area contributed by atoms with E-state index in [-0.39, 0.29) is 36.4 Å². The zero-order valence-corrected chi connectivity index (χ0v) is 20.5. The summed E-state index contributed by atoms with van der Waals surface area (Å²) >= 11 is 1.72. The lowest BCUT2D eigenvalue weighted by Crippen LogP contribution is -2.49. The third kappa shape index (κ3) is 5.82. The van der Waals surface area contributed by atoms with Gasteiger partial charge in [0.1, 0.15) is 18.1 Å². The molecule has 0 spiro atoms. The monoisotopic (exact) mass is 458 g/mol. The molecule has 2 amide bonds.